The molecule has 0 saturated carbocycles. The van der Waals surface area contributed by atoms with Gasteiger partial charge in [-0.2, -0.15) is 4.98 Å². The average Bonchev–Trinajstić information content (AvgIpc) is 3.40. The summed E-state index contributed by atoms with van der Waals surface area (Å²) in [6, 6.07) is 5.92. The van der Waals surface area contributed by atoms with Crippen LogP contribution in [-0.4, -0.2) is 19.7 Å². The van der Waals surface area contributed by atoms with Crippen molar-refractivity contribution >= 4 is 33.3 Å². The Balaban J connectivity index is 1.40. The lowest BCUT2D eigenvalue weighted by molar-refractivity contribution is 0.391. The average molecular weight is 414 g/mol. The van der Waals surface area contributed by atoms with E-state index in [9.17, 15) is 9.18 Å². The predicted molar refractivity (Wildman–Crippen MR) is 106 cm³/mol. The summed E-state index contributed by atoms with van der Waals surface area (Å²) in [7, 11) is 1.74. The molecule has 28 heavy (non-hydrogen) atoms. The fraction of sp³-hybridized carbons (Fsp3) is 0.263. The highest BCUT2D eigenvalue weighted by atomic mass is 32.2. The number of halogens is 1. The lowest BCUT2D eigenvalue weighted by atomic mass is 10.2. The fourth-order valence-electron chi connectivity index (χ4n) is 3.39. The minimum atomic E-state index is -0.315. The van der Waals surface area contributed by atoms with Crippen molar-refractivity contribution in [3.05, 3.63) is 56.8 Å². The molecule has 0 spiro atoms. The second-order valence-electron chi connectivity index (χ2n) is 6.60. The van der Waals surface area contributed by atoms with Crippen molar-refractivity contribution in [1.82, 2.24) is 19.7 Å². The number of aryl methyl sites for hydroxylation is 2. The van der Waals surface area contributed by atoms with Crippen molar-refractivity contribution in [3.8, 4) is 11.4 Å². The fourth-order valence-corrected chi connectivity index (χ4v) is 5.50. The van der Waals surface area contributed by atoms with E-state index in [0.717, 1.165) is 29.5 Å². The van der Waals surface area contributed by atoms with Crippen molar-refractivity contribution in [2.75, 3.05) is 0 Å². The highest BCUT2D eigenvalue weighted by molar-refractivity contribution is 7.98. The van der Waals surface area contributed by atoms with E-state index < -0.39 is 0 Å². The van der Waals surface area contributed by atoms with E-state index in [-0.39, 0.29) is 11.4 Å². The van der Waals surface area contributed by atoms with Gasteiger partial charge in [-0.05, 0) is 49.1 Å². The van der Waals surface area contributed by atoms with Crippen LogP contribution in [-0.2, 0) is 25.6 Å². The summed E-state index contributed by atoms with van der Waals surface area (Å²) in [5, 5.41) is 5.35. The SMILES string of the molecule is Cn1c(SCc2nc(-c3ccc(F)cc3)no2)nc2sc3c(c2c1=O)CCC3. The van der Waals surface area contributed by atoms with Gasteiger partial charge in [0.25, 0.3) is 5.56 Å². The van der Waals surface area contributed by atoms with Crippen LogP contribution in [0, 0.1) is 5.82 Å². The molecule has 1 aromatic carbocycles. The molecule has 3 aromatic heterocycles. The number of rotatable bonds is 4. The molecule has 0 atom stereocenters. The Hall–Kier alpha value is -2.52. The minimum Gasteiger partial charge on any atom is -0.338 e. The smallest absolute Gasteiger partial charge is 0.262 e. The molecule has 0 N–H and O–H groups in total. The largest absolute Gasteiger partial charge is 0.338 e. The summed E-state index contributed by atoms with van der Waals surface area (Å²) in [5.41, 5.74) is 1.87. The number of thiophene rings is 1. The van der Waals surface area contributed by atoms with E-state index in [1.165, 1.54) is 34.3 Å². The first-order valence-electron chi connectivity index (χ1n) is 8.83. The van der Waals surface area contributed by atoms with Crippen molar-refractivity contribution in [2.45, 2.75) is 30.2 Å². The van der Waals surface area contributed by atoms with Crippen molar-refractivity contribution in [3.63, 3.8) is 0 Å². The Morgan fingerprint density at radius 1 is 1.25 bits per heavy atom. The zero-order chi connectivity index (χ0) is 19.3. The summed E-state index contributed by atoms with van der Waals surface area (Å²) >= 11 is 3.01. The summed E-state index contributed by atoms with van der Waals surface area (Å²) in [5.74, 6) is 0.908. The summed E-state index contributed by atoms with van der Waals surface area (Å²) < 4.78 is 19.9. The van der Waals surface area contributed by atoms with Crippen LogP contribution in [0.5, 0.6) is 0 Å². The number of nitrogens with zero attached hydrogens (tertiary/aromatic N) is 4. The molecule has 0 fully saturated rings. The van der Waals surface area contributed by atoms with Crippen LogP contribution in [0.2, 0.25) is 0 Å². The molecule has 1 aliphatic rings. The molecule has 1 aliphatic carbocycles. The molecule has 3 heterocycles. The Morgan fingerprint density at radius 2 is 2.07 bits per heavy atom. The number of aromatic nitrogens is 4. The molecule has 0 radical (unpaired) electrons. The van der Waals surface area contributed by atoms with Gasteiger partial charge in [0.1, 0.15) is 10.6 Å². The topological polar surface area (TPSA) is 73.8 Å². The van der Waals surface area contributed by atoms with E-state index in [4.69, 9.17) is 9.51 Å². The first-order valence-corrected chi connectivity index (χ1v) is 10.6. The molecule has 0 aliphatic heterocycles. The monoisotopic (exact) mass is 414 g/mol. The van der Waals surface area contributed by atoms with Gasteiger partial charge in [-0.15, -0.1) is 11.3 Å². The first-order chi connectivity index (χ1) is 13.6. The molecule has 142 valence electrons. The van der Waals surface area contributed by atoms with Crippen molar-refractivity contribution < 1.29 is 8.91 Å². The zero-order valence-electron chi connectivity index (χ0n) is 14.9. The van der Waals surface area contributed by atoms with E-state index in [0.29, 0.717) is 28.2 Å². The van der Waals surface area contributed by atoms with Crippen LogP contribution in [0.3, 0.4) is 0 Å². The Morgan fingerprint density at radius 3 is 2.89 bits per heavy atom. The Labute approximate surface area is 167 Å². The van der Waals surface area contributed by atoms with Gasteiger partial charge in [0, 0.05) is 17.5 Å². The van der Waals surface area contributed by atoms with Crippen LogP contribution in [0.15, 0.2) is 38.7 Å². The summed E-state index contributed by atoms with van der Waals surface area (Å²) in [6.45, 7) is 0. The Kier molecular flexibility index (Phi) is 4.28. The second kappa shape index (κ2) is 6.82. The van der Waals surface area contributed by atoms with Gasteiger partial charge in [0.15, 0.2) is 5.16 Å². The molecule has 4 aromatic rings. The maximum Gasteiger partial charge on any atom is 0.262 e. The summed E-state index contributed by atoms with van der Waals surface area (Å²) in [6.07, 6.45) is 3.12. The third kappa shape index (κ3) is 2.94. The molecule has 9 heteroatoms. The molecule has 0 amide bonds. The maximum absolute atomic E-state index is 13.0. The van der Waals surface area contributed by atoms with Gasteiger partial charge in [0.05, 0.1) is 11.1 Å². The number of benzene rings is 1. The van der Waals surface area contributed by atoms with Crippen LogP contribution in [0.1, 0.15) is 22.8 Å². The minimum absolute atomic E-state index is 0.00410. The molecule has 0 saturated heterocycles. The molecule has 5 rings (SSSR count). The van der Waals surface area contributed by atoms with E-state index >= 15 is 0 Å². The predicted octanol–water partition coefficient (Wildman–Crippen LogP) is 3.97. The third-order valence-electron chi connectivity index (χ3n) is 4.80. The number of hydrogen-bond acceptors (Lipinski definition) is 7. The molecule has 0 bridgehead atoms. The zero-order valence-corrected chi connectivity index (χ0v) is 16.6. The van der Waals surface area contributed by atoms with Gasteiger partial charge in [0.2, 0.25) is 11.7 Å². The van der Waals surface area contributed by atoms with E-state index in [2.05, 4.69) is 10.1 Å². The second-order valence-corrected chi connectivity index (χ2v) is 8.63. The van der Waals surface area contributed by atoms with Gasteiger partial charge < -0.3 is 4.52 Å². The molecule has 6 nitrogen and oxygen atoms in total. The lowest BCUT2D eigenvalue weighted by Crippen LogP contribution is -2.20. The van der Waals surface area contributed by atoms with Crippen LogP contribution < -0.4 is 5.56 Å². The quantitative estimate of drug-likeness (QED) is 0.372. The Bertz CT molecular complexity index is 1240. The molecular formula is C19H15FN4O2S2. The highest BCUT2D eigenvalue weighted by Crippen LogP contribution is 2.35. The standard InChI is InChI=1S/C19H15FN4O2S2/c1-24-18(25)15-12-3-2-4-13(12)28-17(15)22-19(24)27-9-14-21-16(23-26-14)10-5-7-11(20)8-6-10/h5-8H,2-4,9H2,1H3. The molecule has 0 unspecified atom stereocenters. The van der Waals surface area contributed by atoms with Gasteiger partial charge in [-0.25, -0.2) is 9.37 Å². The van der Waals surface area contributed by atoms with E-state index in [1.807, 2.05) is 0 Å². The molecular weight excluding hydrogens is 399 g/mol. The maximum atomic E-state index is 13.0. The number of fused-ring (bicyclic) bond motifs is 3. The lowest BCUT2D eigenvalue weighted by Gasteiger charge is -2.06. The normalized spacial score (nSPS) is 13.4. The number of thioether (sulfide) groups is 1. The number of hydrogen-bond donors (Lipinski definition) is 0. The third-order valence-corrected chi connectivity index (χ3v) is 7.00. The van der Waals surface area contributed by atoms with Gasteiger partial charge in [-0.1, -0.05) is 16.9 Å². The van der Waals surface area contributed by atoms with Gasteiger partial charge >= 0.3 is 0 Å². The van der Waals surface area contributed by atoms with Gasteiger partial charge in [-0.3, -0.25) is 9.36 Å². The summed E-state index contributed by atoms with van der Waals surface area (Å²) in [4.78, 5) is 24.0. The van der Waals surface area contributed by atoms with Crippen LogP contribution >= 0.6 is 23.1 Å². The van der Waals surface area contributed by atoms with E-state index in [1.54, 1.807) is 35.1 Å². The first kappa shape index (κ1) is 17.6. The van der Waals surface area contributed by atoms with Crippen molar-refractivity contribution in [1.29, 1.82) is 0 Å². The van der Waals surface area contributed by atoms with Crippen LogP contribution in [0.25, 0.3) is 21.6 Å². The highest BCUT2D eigenvalue weighted by Gasteiger charge is 2.22. The van der Waals surface area contributed by atoms with Crippen LogP contribution in [0.4, 0.5) is 4.39 Å². The van der Waals surface area contributed by atoms with Crippen molar-refractivity contribution in [2.24, 2.45) is 7.05 Å².